The molecule has 124 valence electrons. The number of nitrogens with zero attached hydrogens (tertiary/aromatic N) is 1. The highest BCUT2D eigenvalue weighted by molar-refractivity contribution is 6.31. The van der Waals surface area contributed by atoms with Crippen LogP contribution in [0.15, 0.2) is 18.2 Å². The minimum Gasteiger partial charge on any atom is -0.363 e. The van der Waals surface area contributed by atoms with Gasteiger partial charge in [0.2, 0.25) is 11.8 Å². The molecule has 1 N–H and O–H groups in total. The molecule has 2 heterocycles. The van der Waals surface area contributed by atoms with Crippen LogP contribution >= 0.6 is 11.6 Å². The summed E-state index contributed by atoms with van der Waals surface area (Å²) in [5, 5.41) is 3.08. The zero-order valence-corrected chi connectivity index (χ0v) is 13.4. The van der Waals surface area contributed by atoms with Crippen LogP contribution in [0.3, 0.4) is 0 Å². The summed E-state index contributed by atoms with van der Waals surface area (Å²) >= 11 is 5.97. The number of hydrogen-bond acceptors (Lipinski definition) is 3. The Kier molecular flexibility index (Phi) is 4.55. The van der Waals surface area contributed by atoms with Crippen LogP contribution in [0.2, 0.25) is 5.02 Å². The van der Waals surface area contributed by atoms with Gasteiger partial charge in [0, 0.05) is 30.2 Å². The molecular weight excluding hydrogens is 323 g/mol. The fourth-order valence-electron chi connectivity index (χ4n) is 3.03. The Hall–Kier alpha value is -1.66. The van der Waals surface area contributed by atoms with E-state index in [0.29, 0.717) is 32.5 Å². The van der Waals surface area contributed by atoms with Gasteiger partial charge in [-0.05, 0) is 25.0 Å². The minimum absolute atomic E-state index is 0.0455. The predicted octanol–water partition coefficient (Wildman–Crippen LogP) is 1.53. The molecule has 2 amide bonds. The van der Waals surface area contributed by atoms with Crippen molar-refractivity contribution in [2.24, 2.45) is 0 Å². The molecular formula is C16H18ClFN2O3. The van der Waals surface area contributed by atoms with Crippen molar-refractivity contribution in [3.05, 3.63) is 34.6 Å². The first kappa shape index (κ1) is 16.2. The molecule has 2 fully saturated rings. The van der Waals surface area contributed by atoms with Gasteiger partial charge < -0.3 is 15.0 Å². The summed E-state index contributed by atoms with van der Waals surface area (Å²) < 4.78 is 19.5. The van der Waals surface area contributed by atoms with E-state index in [2.05, 4.69) is 5.32 Å². The van der Waals surface area contributed by atoms with E-state index in [1.165, 1.54) is 12.1 Å². The third-order valence-electron chi connectivity index (χ3n) is 4.53. The number of rotatable bonds is 2. The molecule has 0 bridgehead atoms. The highest BCUT2D eigenvalue weighted by atomic mass is 35.5. The molecule has 2 aliphatic heterocycles. The van der Waals surface area contributed by atoms with Crippen LogP contribution in [-0.4, -0.2) is 48.6 Å². The largest absolute Gasteiger partial charge is 0.363 e. The van der Waals surface area contributed by atoms with Crippen molar-refractivity contribution < 1.29 is 18.7 Å². The van der Waals surface area contributed by atoms with Crippen molar-refractivity contribution >= 4 is 23.4 Å². The monoisotopic (exact) mass is 340 g/mol. The average molecular weight is 341 g/mol. The smallest absolute Gasteiger partial charge is 0.246 e. The average Bonchev–Trinajstić information content (AvgIpc) is 2.55. The summed E-state index contributed by atoms with van der Waals surface area (Å²) in [5.41, 5.74) is -0.138. The summed E-state index contributed by atoms with van der Waals surface area (Å²) in [7, 11) is 0. The molecule has 2 aliphatic rings. The van der Waals surface area contributed by atoms with Crippen molar-refractivity contribution in [3.8, 4) is 0 Å². The predicted molar refractivity (Wildman–Crippen MR) is 82.6 cm³/mol. The lowest BCUT2D eigenvalue weighted by atomic mass is 9.89. The normalized spacial score (nSPS) is 20.4. The van der Waals surface area contributed by atoms with Crippen LogP contribution in [0.1, 0.15) is 18.4 Å². The van der Waals surface area contributed by atoms with Crippen LogP contribution in [-0.2, 0) is 20.7 Å². The number of amides is 2. The summed E-state index contributed by atoms with van der Waals surface area (Å²) in [5.74, 6) is -0.715. The van der Waals surface area contributed by atoms with E-state index in [0.717, 1.165) is 0 Å². The van der Waals surface area contributed by atoms with Gasteiger partial charge in [0.25, 0.3) is 0 Å². The van der Waals surface area contributed by atoms with Crippen molar-refractivity contribution in [2.45, 2.75) is 24.9 Å². The zero-order valence-electron chi connectivity index (χ0n) is 12.6. The molecule has 0 atom stereocenters. The van der Waals surface area contributed by atoms with Gasteiger partial charge in [-0.15, -0.1) is 0 Å². The van der Waals surface area contributed by atoms with E-state index in [9.17, 15) is 14.0 Å². The van der Waals surface area contributed by atoms with Gasteiger partial charge in [-0.1, -0.05) is 17.7 Å². The maximum absolute atomic E-state index is 13.8. The Morgan fingerprint density at radius 3 is 2.74 bits per heavy atom. The summed E-state index contributed by atoms with van der Waals surface area (Å²) in [6.07, 6.45) is 1.27. The molecule has 5 nitrogen and oxygen atoms in total. The third-order valence-corrected chi connectivity index (χ3v) is 4.89. The number of piperidine rings is 1. The Morgan fingerprint density at radius 2 is 2.13 bits per heavy atom. The molecule has 0 radical (unpaired) electrons. The first-order valence-electron chi connectivity index (χ1n) is 7.60. The lowest BCUT2D eigenvalue weighted by Crippen LogP contribution is -2.58. The zero-order chi connectivity index (χ0) is 16.4. The van der Waals surface area contributed by atoms with Crippen LogP contribution in [0.4, 0.5) is 4.39 Å². The van der Waals surface area contributed by atoms with Crippen LogP contribution < -0.4 is 5.32 Å². The number of ether oxygens (including phenoxy) is 1. The number of benzene rings is 1. The highest BCUT2D eigenvalue weighted by Crippen LogP contribution is 2.28. The van der Waals surface area contributed by atoms with E-state index in [1.807, 2.05) is 0 Å². The molecule has 0 aromatic heterocycles. The lowest BCUT2D eigenvalue weighted by Gasteiger charge is -2.43. The Labute approximate surface area is 138 Å². The van der Waals surface area contributed by atoms with E-state index < -0.39 is 5.82 Å². The van der Waals surface area contributed by atoms with Crippen LogP contribution in [0, 0.1) is 5.82 Å². The van der Waals surface area contributed by atoms with Gasteiger partial charge in [0.15, 0.2) is 0 Å². The van der Waals surface area contributed by atoms with E-state index in [4.69, 9.17) is 16.3 Å². The van der Waals surface area contributed by atoms with Gasteiger partial charge in [-0.2, -0.15) is 0 Å². The second-order valence-electron chi connectivity index (χ2n) is 6.01. The van der Waals surface area contributed by atoms with Crippen LogP contribution in [0.25, 0.3) is 0 Å². The fraction of sp³-hybridized carbons (Fsp3) is 0.500. The summed E-state index contributed by atoms with van der Waals surface area (Å²) in [4.78, 5) is 25.3. The van der Waals surface area contributed by atoms with Gasteiger partial charge >= 0.3 is 0 Å². The SMILES string of the molecule is O=C1COC2(CCN(C(=O)Cc3c(F)cccc3Cl)CC2)CN1. The van der Waals surface area contributed by atoms with Crippen molar-refractivity contribution in [2.75, 3.05) is 26.2 Å². The number of halogens is 2. The number of hydrogen-bond donors (Lipinski definition) is 1. The van der Waals surface area contributed by atoms with E-state index >= 15 is 0 Å². The summed E-state index contributed by atoms with van der Waals surface area (Å²) in [6, 6.07) is 4.40. The van der Waals surface area contributed by atoms with E-state index in [-0.39, 0.29) is 41.0 Å². The molecule has 23 heavy (non-hydrogen) atoms. The molecule has 1 aromatic rings. The molecule has 0 aliphatic carbocycles. The molecule has 2 saturated heterocycles. The standard InChI is InChI=1S/C16H18ClFN2O3/c17-12-2-1-3-13(18)11(12)8-15(22)20-6-4-16(5-7-20)10-19-14(21)9-23-16/h1-3H,4-10H2,(H,19,21). The second kappa shape index (κ2) is 6.45. The van der Waals surface area contributed by atoms with Gasteiger partial charge in [-0.25, -0.2) is 4.39 Å². The molecule has 0 saturated carbocycles. The van der Waals surface area contributed by atoms with Crippen LogP contribution in [0.5, 0.6) is 0 Å². The molecule has 1 spiro atoms. The minimum atomic E-state index is -0.461. The first-order chi connectivity index (χ1) is 11.0. The fourth-order valence-corrected chi connectivity index (χ4v) is 3.26. The van der Waals surface area contributed by atoms with Crippen molar-refractivity contribution in [1.29, 1.82) is 0 Å². The lowest BCUT2D eigenvalue weighted by molar-refractivity contribution is -0.154. The van der Waals surface area contributed by atoms with Gasteiger partial charge in [0.05, 0.1) is 12.0 Å². The number of nitrogens with one attached hydrogen (secondary N) is 1. The van der Waals surface area contributed by atoms with E-state index in [1.54, 1.807) is 11.0 Å². The molecule has 1 aromatic carbocycles. The molecule has 7 heteroatoms. The maximum Gasteiger partial charge on any atom is 0.246 e. The Bertz CT molecular complexity index is 598. The highest BCUT2D eigenvalue weighted by Gasteiger charge is 2.39. The van der Waals surface area contributed by atoms with Crippen molar-refractivity contribution in [1.82, 2.24) is 10.2 Å². The third kappa shape index (κ3) is 3.48. The quantitative estimate of drug-likeness (QED) is 0.888. The number of carbonyl (C=O) groups excluding carboxylic acids is 2. The maximum atomic E-state index is 13.8. The van der Waals surface area contributed by atoms with Gasteiger partial charge in [0.1, 0.15) is 12.4 Å². The van der Waals surface area contributed by atoms with Crippen molar-refractivity contribution in [3.63, 3.8) is 0 Å². The number of likely N-dealkylation sites (tertiary alicyclic amines) is 1. The van der Waals surface area contributed by atoms with Gasteiger partial charge in [-0.3, -0.25) is 9.59 Å². The Balaban J connectivity index is 1.59. The first-order valence-corrected chi connectivity index (χ1v) is 7.98. The topological polar surface area (TPSA) is 58.6 Å². The summed E-state index contributed by atoms with van der Waals surface area (Å²) in [6.45, 7) is 1.60. The Morgan fingerprint density at radius 1 is 1.39 bits per heavy atom. The molecule has 3 rings (SSSR count). The number of morpholine rings is 1. The second-order valence-corrected chi connectivity index (χ2v) is 6.41. The molecule has 0 unspecified atom stereocenters. The number of carbonyl (C=O) groups is 2.